The van der Waals surface area contributed by atoms with Gasteiger partial charge in [0.15, 0.2) is 0 Å². The van der Waals surface area contributed by atoms with Gasteiger partial charge < -0.3 is 10.4 Å². The lowest BCUT2D eigenvalue weighted by Crippen LogP contribution is -2.42. The van der Waals surface area contributed by atoms with Gasteiger partial charge in [-0.2, -0.15) is 0 Å². The van der Waals surface area contributed by atoms with Crippen LogP contribution in [0.15, 0.2) is 29.5 Å². The number of anilines is 1. The largest absolute Gasteiger partial charge is 0.737 e. The van der Waals surface area contributed by atoms with Gasteiger partial charge in [0.05, 0.1) is 4.92 Å². The average Bonchev–Trinajstić information content (AvgIpc) is 2.27. The van der Waals surface area contributed by atoms with Crippen LogP contribution in [-0.2, 0) is 0 Å². The van der Waals surface area contributed by atoms with Crippen LogP contribution in [0.3, 0.4) is 0 Å². The first-order chi connectivity index (χ1) is 8.27. The van der Waals surface area contributed by atoms with Gasteiger partial charge in [0.2, 0.25) is 0 Å². The standard InChI is InChI=1S/C7H5F3N4O4/c8-7(9,10)12(14(18)11-15)5-1-3-6(4-2-5)13(16)17/h1-4,15H/p-1/b14-11-. The van der Waals surface area contributed by atoms with Gasteiger partial charge >= 0.3 is 6.30 Å². The monoisotopic (exact) mass is 265 g/mol. The molecule has 0 N–H and O–H groups in total. The second kappa shape index (κ2) is 4.73. The molecule has 0 saturated carbocycles. The number of alkyl halides is 3. The SMILES string of the molecule is O=[N+]([O-])c1ccc(N(/[N+]([O-])=N/[O-])C(F)(F)F)cc1. The van der Waals surface area contributed by atoms with E-state index >= 15 is 0 Å². The number of benzene rings is 1. The summed E-state index contributed by atoms with van der Waals surface area (Å²) >= 11 is 0. The van der Waals surface area contributed by atoms with Gasteiger partial charge in [-0.25, -0.2) is 0 Å². The molecule has 98 valence electrons. The molecule has 0 heterocycles. The quantitative estimate of drug-likeness (QED) is 0.274. The summed E-state index contributed by atoms with van der Waals surface area (Å²) in [6.45, 7) is 0. The number of nitrogens with zero attached hydrogens (tertiary/aromatic N) is 4. The van der Waals surface area contributed by atoms with Crippen molar-refractivity contribution in [2.24, 2.45) is 5.28 Å². The molecule has 0 spiro atoms. The van der Waals surface area contributed by atoms with Gasteiger partial charge in [-0.1, -0.05) is 0 Å². The minimum Gasteiger partial charge on any atom is -0.737 e. The molecular weight excluding hydrogens is 261 g/mol. The summed E-state index contributed by atoms with van der Waals surface area (Å²) in [5.41, 5.74) is -1.24. The summed E-state index contributed by atoms with van der Waals surface area (Å²) in [7, 11) is 0. The predicted molar refractivity (Wildman–Crippen MR) is 51.1 cm³/mol. The molecule has 0 aliphatic rings. The van der Waals surface area contributed by atoms with E-state index in [1.807, 2.05) is 0 Å². The smallest absolute Gasteiger partial charge is 0.539 e. The van der Waals surface area contributed by atoms with Crippen LogP contribution in [0.4, 0.5) is 24.5 Å². The number of non-ortho nitro benzene ring substituents is 1. The van der Waals surface area contributed by atoms with E-state index in [1.54, 1.807) is 5.28 Å². The number of hydrogen-bond acceptors (Lipinski definition) is 5. The second-order valence-corrected chi connectivity index (χ2v) is 2.89. The lowest BCUT2D eigenvalue weighted by atomic mass is 10.3. The van der Waals surface area contributed by atoms with E-state index < -0.39 is 32.6 Å². The molecule has 1 rings (SSSR count). The van der Waals surface area contributed by atoms with Crippen molar-refractivity contribution in [3.63, 3.8) is 0 Å². The Balaban J connectivity index is 3.19. The Kier molecular flexibility index (Phi) is 3.54. The van der Waals surface area contributed by atoms with Gasteiger partial charge in [-0.15, -0.1) is 13.2 Å². The van der Waals surface area contributed by atoms with Crippen LogP contribution >= 0.6 is 0 Å². The van der Waals surface area contributed by atoms with Crippen molar-refractivity contribution in [1.29, 1.82) is 0 Å². The third kappa shape index (κ3) is 2.75. The molecule has 0 amide bonds. The Hall–Kier alpha value is -2.59. The van der Waals surface area contributed by atoms with E-state index in [4.69, 9.17) is 0 Å². The van der Waals surface area contributed by atoms with E-state index in [9.17, 15) is 33.7 Å². The first kappa shape index (κ1) is 13.5. The first-order valence-corrected chi connectivity index (χ1v) is 4.19. The van der Waals surface area contributed by atoms with Gasteiger partial charge in [0, 0.05) is 17.1 Å². The number of hydrazine groups is 1. The maximum atomic E-state index is 12.5. The molecule has 0 bridgehead atoms. The van der Waals surface area contributed by atoms with Gasteiger partial charge in [0.25, 0.3) is 5.69 Å². The lowest BCUT2D eigenvalue weighted by molar-refractivity contribution is -0.574. The number of nitro benzene ring substituents is 1. The molecule has 0 atom stereocenters. The molecule has 0 radical (unpaired) electrons. The minimum atomic E-state index is -5.19. The Morgan fingerprint density at radius 1 is 1.17 bits per heavy atom. The van der Waals surface area contributed by atoms with Crippen LogP contribution in [0.25, 0.3) is 0 Å². The first-order valence-electron chi connectivity index (χ1n) is 4.19. The van der Waals surface area contributed by atoms with Gasteiger partial charge in [-0.05, 0) is 22.4 Å². The van der Waals surface area contributed by atoms with Crippen LogP contribution in [-0.4, -0.2) is 16.2 Å². The fourth-order valence-corrected chi connectivity index (χ4v) is 1.09. The molecule has 11 heteroatoms. The topological polar surface area (TPSA) is 108 Å². The van der Waals surface area contributed by atoms with Crippen LogP contribution in [0, 0.1) is 20.5 Å². The zero-order valence-electron chi connectivity index (χ0n) is 8.37. The number of hydrogen-bond donors (Lipinski definition) is 0. The Morgan fingerprint density at radius 3 is 2.00 bits per heavy atom. The van der Waals surface area contributed by atoms with Crippen molar-refractivity contribution in [3.05, 3.63) is 44.8 Å². The summed E-state index contributed by atoms with van der Waals surface area (Å²) in [6, 6.07) is 2.85. The van der Waals surface area contributed by atoms with Crippen LogP contribution in [0.2, 0.25) is 0 Å². The normalized spacial score (nSPS) is 12.3. The Morgan fingerprint density at radius 2 is 1.67 bits per heavy atom. The highest BCUT2D eigenvalue weighted by Crippen LogP contribution is 2.29. The van der Waals surface area contributed by atoms with E-state index in [0.717, 1.165) is 12.1 Å². The highest BCUT2D eigenvalue weighted by Gasteiger charge is 2.45. The molecule has 0 saturated heterocycles. The molecule has 18 heavy (non-hydrogen) atoms. The zero-order chi connectivity index (χ0) is 13.9. The van der Waals surface area contributed by atoms with Gasteiger partial charge in [-0.3, -0.25) is 10.1 Å². The molecule has 0 aromatic heterocycles. The highest BCUT2D eigenvalue weighted by molar-refractivity contribution is 5.49. The van der Waals surface area contributed by atoms with E-state index in [-0.39, 0.29) is 0 Å². The Bertz CT molecular complexity index is 473. The van der Waals surface area contributed by atoms with E-state index in [0.29, 0.717) is 12.1 Å². The average molecular weight is 265 g/mol. The van der Waals surface area contributed by atoms with Crippen molar-refractivity contribution in [2.45, 2.75) is 6.30 Å². The predicted octanol–water partition coefficient (Wildman–Crippen LogP) is 2.30. The van der Waals surface area contributed by atoms with Crippen LogP contribution < -0.4 is 5.01 Å². The molecule has 8 nitrogen and oxygen atoms in total. The van der Waals surface area contributed by atoms with Gasteiger partial charge in [0.1, 0.15) is 5.69 Å². The third-order valence-electron chi connectivity index (χ3n) is 1.79. The summed E-state index contributed by atoms with van der Waals surface area (Å²) in [4.78, 5) is 8.27. The maximum Gasteiger partial charge on any atom is 0.539 e. The van der Waals surface area contributed by atoms with Crippen molar-refractivity contribution in [3.8, 4) is 0 Å². The van der Waals surface area contributed by atoms with Crippen molar-refractivity contribution in [1.82, 2.24) is 0 Å². The summed E-state index contributed by atoms with van der Waals surface area (Å²) in [6.07, 6.45) is -5.19. The molecule has 0 aliphatic heterocycles. The maximum absolute atomic E-state index is 12.5. The van der Waals surface area contributed by atoms with E-state index in [1.165, 1.54) is 0 Å². The Labute approximate surface area is 96.8 Å². The number of halogens is 3. The van der Waals surface area contributed by atoms with Crippen LogP contribution in [0.5, 0.6) is 0 Å². The molecular formula is C7H4F3N4O4-. The highest BCUT2D eigenvalue weighted by atomic mass is 19.4. The summed E-state index contributed by atoms with van der Waals surface area (Å²) < 4.78 is 37.4. The molecule has 1 aromatic carbocycles. The summed E-state index contributed by atoms with van der Waals surface area (Å²) in [5, 5.41) is 31.5. The molecule has 0 aliphatic carbocycles. The zero-order valence-corrected chi connectivity index (χ0v) is 8.37. The summed E-state index contributed by atoms with van der Waals surface area (Å²) in [5.74, 6) is 0. The number of rotatable bonds is 3. The van der Waals surface area contributed by atoms with Crippen molar-refractivity contribution < 1.29 is 23.1 Å². The number of nitro groups is 1. The van der Waals surface area contributed by atoms with Crippen molar-refractivity contribution >= 4 is 11.4 Å². The minimum absolute atomic E-state index is 0.461. The third-order valence-corrected chi connectivity index (χ3v) is 1.79. The van der Waals surface area contributed by atoms with Crippen molar-refractivity contribution in [2.75, 3.05) is 5.01 Å². The van der Waals surface area contributed by atoms with Crippen LogP contribution in [0.1, 0.15) is 0 Å². The molecule has 0 fully saturated rings. The van der Waals surface area contributed by atoms with E-state index in [2.05, 4.69) is 0 Å². The molecule has 1 aromatic rings. The fraction of sp³-hybridized carbons (Fsp3) is 0.143. The second-order valence-electron chi connectivity index (χ2n) is 2.89. The lowest BCUT2D eigenvalue weighted by Gasteiger charge is -2.20. The fourth-order valence-electron chi connectivity index (χ4n) is 1.09. The molecule has 0 unspecified atom stereocenters.